The van der Waals surface area contributed by atoms with Gasteiger partial charge in [-0.2, -0.15) is 0 Å². The van der Waals surface area contributed by atoms with Crippen LogP contribution in [0.2, 0.25) is 0 Å². The summed E-state index contributed by atoms with van der Waals surface area (Å²) in [6.45, 7) is 14.4. The molecule has 1 saturated heterocycles. The highest BCUT2D eigenvalue weighted by Crippen LogP contribution is 2.49. The average Bonchev–Trinajstić information content (AvgIpc) is 0.764. The number of fused-ring (bicyclic) bond motifs is 15. The summed E-state index contributed by atoms with van der Waals surface area (Å²) in [5.74, 6) is -11.7. The SMILES string of the molecule is CCC1OC(COc2c3cc4cc2Oc2ccc(cc2C)C(O)C(NC(=O)C(CC(C)C)N(C)C)C(=O)NC(CC(N)=O)C(=O)NC4C(=O)NC2C(=O)NC(C(=O)NC(C(C)=O)c4cc(O)c(C)c(O)c4-c4cc2ccc4O)C(C)c2ccc(c(C)c2)O3)C(C)C(O)C1O. The summed E-state index contributed by atoms with van der Waals surface area (Å²) >= 11 is 0. The van der Waals surface area contributed by atoms with Crippen LogP contribution in [0.1, 0.15) is 135 Å². The van der Waals surface area contributed by atoms with Gasteiger partial charge < -0.3 is 87.2 Å². The Kier molecular flexibility index (Phi) is 20.6. The van der Waals surface area contributed by atoms with E-state index in [4.69, 9.17) is 24.7 Å². The second-order valence-corrected chi connectivity index (χ2v) is 25.5. The van der Waals surface area contributed by atoms with Crippen molar-refractivity contribution in [1.29, 1.82) is 0 Å². The van der Waals surface area contributed by atoms with Crippen molar-refractivity contribution in [2.45, 2.75) is 160 Å². The lowest BCUT2D eigenvalue weighted by Crippen LogP contribution is -2.59. The number of primary amides is 1. The number of hydrogen-bond acceptors (Lipinski definition) is 19. The van der Waals surface area contributed by atoms with E-state index < -0.39 is 155 Å². The first-order chi connectivity index (χ1) is 44.4. The number of rotatable bonds is 12. The summed E-state index contributed by atoms with van der Waals surface area (Å²) in [5, 5.41) is 85.3. The number of amides is 7. The van der Waals surface area contributed by atoms with Gasteiger partial charge in [0.2, 0.25) is 47.1 Å². The van der Waals surface area contributed by atoms with Gasteiger partial charge in [-0.3, -0.25) is 43.3 Å². The topological polar surface area (TPSA) is 396 Å². The number of aromatic hydroxyl groups is 3. The van der Waals surface area contributed by atoms with Crippen LogP contribution in [-0.4, -0.2) is 152 Å². The van der Waals surface area contributed by atoms with Crippen molar-refractivity contribution in [3.05, 3.63) is 117 Å². The summed E-state index contributed by atoms with van der Waals surface area (Å²) in [4.78, 5) is 120. The molecule has 94 heavy (non-hydrogen) atoms. The zero-order valence-corrected chi connectivity index (χ0v) is 54.0. The number of carbonyl (C=O) groups is 8. The fourth-order valence-corrected chi connectivity index (χ4v) is 12.4. The fraction of sp³-hybridized carbons (Fsp3) is 0.441. The molecule has 14 unspecified atom stereocenters. The molecule has 5 aromatic rings. The Labute approximate surface area is 542 Å². The molecule has 502 valence electrons. The molecule has 14 N–H and O–H groups in total. The Bertz CT molecular complexity index is 3820. The summed E-state index contributed by atoms with van der Waals surface area (Å²) < 4.78 is 26.7. The van der Waals surface area contributed by atoms with Crippen molar-refractivity contribution >= 4 is 47.1 Å². The van der Waals surface area contributed by atoms with E-state index in [0.29, 0.717) is 29.5 Å². The van der Waals surface area contributed by atoms with Gasteiger partial charge in [0.15, 0.2) is 17.3 Å². The maximum Gasteiger partial charge on any atom is 0.248 e. The first-order valence-electron chi connectivity index (χ1n) is 31.1. The summed E-state index contributed by atoms with van der Waals surface area (Å²) in [5.41, 5.74) is 6.10. The van der Waals surface area contributed by atoms with Gasteiger partial charge >= 0.3 is 0 Å². The molecule has 6 heterocycles. The minimum atomic E-state index is -2.07. The number of aliphatic hydroxyl groups excluding tert-OH is 3. The number of nitrogens with one attached hydrogen (secondary N) is 6. The van der Waals surface area contributed by atoms with Crippen molar-refractivity contribution in [3.8, 4) is 57.1 Å². The number of aryl methyl sites for hydroxylation is 2. The van der Waals surface area contributed by atoms with Crippen LogP contribution in [0, 0.1) is 32.6 Å². The van der Waals surface area contributed by atoms with Crippen LogP contribution >= 0.6 is 0 Å². The van der Waals surface area contributed by atoms with E-state index in [0.717, 1.165) is 19.1 Å². The molecule has 0 saturated carbocycles. The highest BCUT2D eigenvalue weighted by molar-refractivity contribution is 6.01. The van der Waals surface area contributed by atoms with E-state index in [1.807, 2.05) is 13.8 Å². The van der Waals surface area contributed by atoms with Crippen LogP contribution in [0.15, 0.2) is 72.8 Å². The molecule has 26 heteroatoms. The zero-order chi connectivity index (χ0) is 68.6. The van der Waals surface area contributed by atoms with Gasteiger partial charge in [-0.25, -0.2) is 0 Å². The maximum atomic E-state index is 16.0. The minimum Gasteiger partial charge on any atom is -0.508 e. The Balaban J connectivity index is 1.31. The quantitative estimate of drug-likeness (QED) is 0.0834. The predicted octanol–water partition coefficient (Wildman–Crippen LogP) is 4.14. The Morgan fingerprint density at radius 1 is 0.681 bits per heavy atom. The van der Waals surface area contributed by atoms with Crippen molar-refractivity contribution in [1.82, 2.24) is 36.8 Å². The van der Waals surface area contributed by atoms with Gasteiger partial charge in [0, 0.05) is 28.5 Å². The van der Waals surface area contributed by atoms with Gasteiger partial charge in [-0.05, 0) is 148 Å². The monoisotopic (exact) mass is 1300 g/mol. The minimum absolute atomic E-state index is 0.0124. The van der Waals surface area contributed by atoms with Gasteiger partial charge in [-0.1, -0.05) is 58.9 Å². The third-order valence-corrected chi connectivity index (χ3v) is 18.0. The molecule has 0 radical (unpaired) electrons. The first-order valence-corrected chi connectivity index (χ1v) is 31.1. The van der Waals surface area contributed by atoms with Crippen molar-refractivity contribution in [3.63, 3.8) is 0 Å². The number of nitrogens with two attached hydrogens (primary N) is 1. The molecular formula is C68H82N8O18. The number of phenols is 3. The van der Waals surface area contributed by atoms with Gasteiger partial charge in [0.1, 0.15) is 83.8 Å². The molecule has 11 bridgehead atoms. The number of hydrogen-bond donors (Lipinski definition) is 13. The molecule has 6 aliphatic rings. The molecule has 0 aliphatic carbocycles. The number of carbonyl (C=O) groups excluding carboxylic acids is 8. The second kappa shape index (κ2) is 28.1. The number of Topliss-reactive ketones (excluding diaryl/α,β-unsaturated/α-hetero) is 1. The van der Waals surface area contributed by atoms with E-state index in [1.165, 1.54) is 49.4 Å². The van der Waals surface area contributed by atoms with Crippen molar-refractivity contribution < 1.29 is 87.9 Å². The maximum absolute atomic E-state index is 16.0. The fourth-order valence-electron chi connectivity index (χ4n) is 12.4. The number of nitrogens with zero attached hydrogens (tertiary/aromatic N) is 1. The number of aliphatic hydroxyl groups is 3. The molecule has 26 nitrogen and oxygen atoms in total. The summed E-state index contributed by atoms with van der Waals surface area (Å²) in [7, 11) is 3.33. The van der Waals surface area contributed by atoms with E-state index in [-0.39, 0.29) is 80.2 Å². The molecule has 11 rings (SSSR count). The molecule has 7 amide bonds. The predicted molar refractivity (Wildman–Crippen MR) is 339 cm³/mol. The molecule has 1 fully saturated rings. The van der Waals surface area contributed by atoms with E-state index in [1.54, 1.807) is 71.8 Å². The largest absolute Gasteiger partial charge is 0.508 e. The van der Waals surface area contributed by atoms with E-state index in [9.17, 15) is 49.8 Å². The number of likely N-dealkylation sites (N-methyl/N-ethyl adjacent to an activating group) is 1. The van der Waals surface area contributed by atoms with Crippen LogP contribution in [0.4, 0.5) is 0 Å². The van der Waals surface area contributed by atoms with Gasteiger partial charge in [0.25, 0.3) is 0 Å². The molecular weight excluding hydrogens is 1220 g/mol. The van der Waals surface area contributed by atoms with Crippen LogP contribution in [0.3, 0.4) is 0 Å². The molecule has 5 aromatic carbocycles. The number of ether oxygens (including phenoxy) is 4. The zero-order valence-electron chi connectivity index (χ0n) is 54.0. The van der Waals surface area contributed by atoms with Crippen LogP contribution in [-0.2, 0) is 43.1 Å². The van der Waals surface area contributed by atoms with Crippen molar-refractivity contribution in [2.24, 2.45) is 17.6 Å². The Hall–Kier alpha value is -9.34. The van der Waals surface area contributed by atoms with Crippen LogP contribution < -0.4 is 51.8 Å². The van der Waals surface area contributed by atoms with Gasteiger partial charge in [-0.15, -0.1) is 0 Å². The lowest BCUT2D eigenvalue weighted by Gasteiger charge is -2.41. The van der Waals surface area contributed by atoms with Crippen molar-refractivity contribution in [2.75, 3.05) is 20.7 Å². The third kappa shape index (κ3) is 14.3. The lowest BCUT2D eigenvalue weighted by molar-refractivity contribution is -0.202. The Morgan fingerprint density at radius 2 is 1.28 bits per heavy atom. The lowest BCUT2D eigenvalue weighted by atomic mass is 9.86. The first kappa shape index (κ1) is 69.0. The summed E-state index contributed by atoms with van der Waals surface area (Å²) in [6, 6.07) is 4.87. The molecule has 0 spiro atoms. The second-order valence-electron chi connectivity index (χ2n) is 25.5. The van der Waals surface area contributed by atoms with Gasteiger partial charge in [0.05, 0.1) is 30.8 Å². The highest BCUT2D eigenvalue weighted by Gasteiger charge is 2.44. The summed E-state index contributed by atoms with van der Waals surface area (Å²) in [6.07, 6.45) is -6.27. The molecule has 0 aromatic heterocycles. The molecule has 6 aliphatic heterocycles. The number of benzene rings is 5. The normalized spacial score (nSPS) is 25.9. The van der Waals surface area contributed by atoms with E-state index >= 15 is 19.2 Å². The smallest absolute Gasteiger partial charge is 0.248 e. The van der Waals surface area contributed by atoms with Crippen LogP contribution in [0.25, 0.3) is 11.1 Å². The standard InChI is InChI=1S/C68H82N8O18/c1-12-45-61(84)59(82)33(8)50(92-45)27-91-62-48-23-38-24-49(62)94-47-18-15-37(21-30(47)5)60(83)57(75-64(86)42(76(10)11)19-28(2)3)68(90)70-41(26-51(69)80)63(85)73-56(38)67(89)74-55-36-13-16-43(78)39(22-36)52-40(25-44(79)32(7)58(52)81)54(34(9)77)72-65(87)53(71-66(55)88)31(6)35-14-17-46(93-48)29(4)20-35/h13-18,20-25,28,31,33,41-42,45,50,53-57,59-61,78-79,81-84H,12,19,26-27H2,1-11H3,(H2,69,80)(H,70,90)(H,71,88)(H,72,87)(H,73,85)(H,74,89)(H,75,86). The molecule has 14 atom stereocenters. The van der Waals surface area contributed by atoms with Crippen LogP contribution in [0.5, 0.6) is 46.0 Å². The highest BCUT2D eigenvalue weighted by atomic mass is 16.6. The number of phenolic OH excluding ortho intramolecular Hbond substituents is 3. The van der Waals surface area contributed by atoms with E-state index in [2.05, 4.69) is 31.9 Å². The average molecular weight is 1300 g/mol. The Morgan fingerprint density at radius 3 is 1.87 bits per heavy atom. The number of ketones is 1. The third-order valence-electron chi connectivity index (χ3n) is 18.0.